The van der Waals surface area contributed by atoms with Gasteiger partial charge in [0.05, 0.1) is 6.61 Å². The van der Waals surface area contributed by atoms with E-state index in [1.54, 1.807) is 6.92 Å². The summed E-state index contributed by atoms with van der Waals surface area (Å²) >= 11 is 0. The number of hydrogen-bond acceptors (Lipinski definition) is 5. The van der Waals surface area contributed by atoms with Gasteiger partial charge in [-0.3, -0.25) is 0 Å². The summed E-state index contributed by atoms with van der Waals surface area (Å²) in [5.74, 6) is -1.75. The second-order valence-corrected chi connectivity index (χ2v) is 4.48. The Morgan fingerprint density at radius 3 is 2.75 bits per heavy atom. The highest BCUT2D eigenvalue weighted by Crippen LogP contribution is 2.18. The molecule has 0 aromatic heterocycles. The lowest BCUT2D eigenvalue weighted by molar-refractivity contribution is -0.147. The van der Waals surface area contributed by atoms with E-state index in [0.717, 1.165) is 0 Å². The Morgan fingerprint density at radius 2 is 2.15 bits per heavy atom. The molecule has 0 saturated carbocycles. The van der Waals surface area contributed by atoms with Crippen LogP contribution >= 0.6 is 0 Å². The summed E-state index contributed by atoms with van der Waals surface area (Å²) < 4.78 is 4.90. The highest BCUT2D eigenvalue weighted by Gasteiger charge is 2.35. The van der Waals surface area contributed by atoms with Crippen molar-refractivity contribution in [3.8, 4) is 0 Å². The molecule has 2 atom stereocenters. The summed E-state index contributed by atoms with van der Waals surface area (Å²) in [6.45, 7) is 2.44. The van der Waals surface area contributed by atoms with Crippen LogP contribution in [0.3, 0.4) is 0 Å². The van der Waals surface area contributed by atoms with E-state index in [1.165, 1.54) is 4.90 Å². The zero-order valence-corrected chi connectivity index (χ0v) is 11.4. The minimum Gasteiger partial charge on any atom is -0.479 e. The molecule has 0 aromatic carbocycles. The lowest BCUT2D eigenvalue weighted by Gasteiger charge is -2.23. The van der Waals surface area contributed by atoms with Gasteiger partial charge in [0.2, 0.25) is 0 Å². The number of ether oxygens (including phenoxy) is 1. The zero-order chi connectivity index (χ0) is 15.1. The number of carbonyl (C=O) groups is 3. The maximum Gasteiger partial charge on any atom is 0.332 e. The average molecular weight is 288 g/mol. The fourth-order valence-electron chi connectivity index (χ4n) is 2.03. The minimum atomic E-state index is -1.50. The first-order chi connectivity index (χ1) is 9.47. The van der Waals surface area contributed by atoms with Crippen LogP contribution in [-0.2, 0) is 14.3 Å². The molecule has 1 saturated heterocycles. The molecule has 1 rings (SSSR count). The van der Waals surface area contributed by atoms with Crippen LogP contribution in [0.5, 0.6) is 0 Å². The number of aliphatic hydroxyl groups is 1. The van der Waals surface area contributed by atoms with Crippen molar-refractivity contribution in [2.45, 2.75) is 38.3 Å². The summed E-state index contributed by atoms with van der Waals surface area (Å²) in [5, 5.41) is 20.1. The van der Waals surface area contributed by atoms with Gasteiger partial charge >= 0.3 is 18.0 Å². The van der Waals surface area contributed by atoms with E-state index >= 15 is 0 Å². The molecule has 8 heteroatoms. The van der Waals surface area contributed by atoms with Gasteiger partial charge in [0, 0.05) is 19.5 Å². The number of carbonyl (C=O) groups excluding carboxylic acids is 2. The summed E-state index contributed by atoms with van der Waals surface area (Å²) in [5.41, 5.74) is 0. The molecule has 1 fully saturated rings. The van der Waals surface area contributed by atoms with Crippen LogP contribution in [-0.4, -0.2) is 64.9 Å². The molecule has 1 aliphatic rings. The van der Waals surface area contributed by atoms with Crippen molar-refractivity contribution in [1.29, 1.82) is 0 Å². The SMILES string of the molecule is CCOC(=O)C1CCCN1C(=O)NCC[C@H](O)C(=O)O. The second kappa shape index (κ2) is 7.68. The van der Waals surface area contributed by atoms with E-state index in [0.29, 0.717) is 19.4 Å². The van der Waals surface area contributed by atoms with Crippen LogP contribution in [0.2, 0.25) is 0 Å². The quantitative estimate of drug-likeness (QED) is 0.570. The van der Waals surface area contributed by atoms with Gasteiger partial charge in [-0.05, 0) is 19.8 Å². The largest absolute Gasteiger partial charge is 0.479 e. The number of likely N-dealkylation sites (tertiary alicyclic amines) is 1. The van der Waals surface area contributed by atoms with Crippen molar-refractivity contribution in [1.82, 2.24) is 10.2 Å². The standard InChI is InChI=1S/C12H20N2O6/c1-2-20-11(18)8-4-3-7-14(8)12(19)13-6-5-9(15)10(16)17/h8-9,15H,2-7H2,1H3,(H,13,19)(H,16,17)/t8?,9-/m0/s1. The summed E-state index contributed by atoms with van der Waals surface area (Å²) in [6, 6.07) is -1.03. The monoisotopic (exact) mass is 288 g/mol. The van der Waals surface area contributed by atoms with Crippen LogP contribution in [0.4, 0.5) is 4.79 Å². The van der Waals surface area contributed by atoms with Crippen molar-refractivity contribution < 1.29 is 29.3 Å². The molecule has 0 radical (unpaired) electrons. The first-order valence-corrected chi connectivity index (χ1v) is 6.59. The fraction of sp³-hybridized carbons (Fsp3) is 0.750. The Labute approximate surface area is 116 Å². The lowest BCUT2D eigenvalue weighted by atomic mass is 10.2. The fourth-order valence-corrected chi connectivity index (χ4v) is 2.03. The third-order valence-corrected chi connectivity index (χ3v) is 3.05. The van der Waals surface area contributed by atoms with E-state index in [4.69, 9.17) is 14.9 Å². The maximum absolute atomic E-state index is 11.9. The van der Waals surface area contributed by atoms with Gasteiger partial charge in [0.25, 0.3) is 0 Å². The van der Waals surface area contributed by atoms with Crippen molar-refractivity contribution in [3.05, 3.63) is 0 Å². The minimum absolute atomic E-state index is 0.0261. The Morgan fingerprint density at radius 1 is 1.45 bits per heavy atom. The topological polar surface area (TPSA) is 116 Å². The zero-order valence-electron chi connectivity index (χ0n) is 11.4. The molecule has 8 nitrogen and oxygen atoms in total. The lowest BCUT2D eigenvalue weighted by Crippen LogP contribution is -2.47. The Hall–Kier alpha value is -1.83. The van der Waals surface area contributed by atoms with E-state index in [9.17, 15) is 14.4 Å². The number of carboxylic acid groups (broad SMARTS) is 1. The van der Waals surface area contributed by atoms with Gasteiger partial charge in [-0.2, -0.15) is 0 Å². The number of rotatable bonds is 6. The first kappa shape index (κ1) is 16.2. The smallest absolute Gasteiger partial charge is 0.332 e. The summed E-state index contributed by atoms with van der Waals surface area (Å²) in [7, 11) is 0. The molecule has 0 bridgehead atoms. The molecule has 20 heavy (non-hydrogen) atoms. The van der Waals surface area contributed by atoms with Gasteiger partial charge in [-0.1, -0.05) is 0 Å². The summed E-state index contributed by atoms with van der Waals surface area (Å²) in [4.78, 5) is 35.4. The first-order valence-electron chi connectivity index (χ1n) is 6.59. The number of amides is 2. The van der Waals surface area contributed by atoms with Gasteiger partial charge in [-0.15, -0.1) is 0 Å². The number of aliphatic hydroxyl groups excluding tert-OH is 1. The molecule has 0 aromatic rings. The van der Waals surface area contributed by atoms with E-state index < -0.39 is 30.1 Å². The molecule has 3 N–H and O–H groups in total. The number of nitrogens with zero attached hydrogens (tertiary/aromatic N) is 1. The molecule has 2 amide bonds. The van der Waals surface area contributed by atoms with Crippen LogP contribution < -0.4 is 5.32 Å². The molecule has 0 spiro atoms. The van der Waals surface area contributed by atoms with Crippen LogP contribution in [0.1, 0.15) is 26.2 Å². The third-order valence-electron chi connectivity index (χ3n) is 3.05. The molecular weight excluding hydrogens is 268 g/mol. The third kappa shape index (κ3) is 4.37. The van der Waals surface area contributed by atoms with Crippen molar-refractivity contribution in [2.75, 3.05) is 19.7 Å². The molecular formula is C12H20N2O6. The van der Waals surface area contributed by atoms with Gasteiger partial charge in [-0.25, -0.2) is 14.4 Å². The van der Waals surface area contributed by atoms with Gasteiger partial charge in [0.1, 0.15) is 6.04 Å². The normalized spacial score (nSPS) is 19.5. The van der Waals surface area contributed by atoms with Gasteiger partial charge in [0.15, 0.2) is 6.10 Å². The molecule has 1 unspecified atom stereocenters. The predicted octanol–water partition coefficient (Wildman–Crippen LogP) is -0.441. The Bertz CT molecular complexity index is 373. The summed E-state index contributed by atoms with van der Waals surface area (Å²) in [6.07, 6.45) is -0.313. The van der Waals surface area contributed by atoms with E-state index in [1.807, 2.05) is 0 Å². The van der Waals surface area contributed by atoms with Crippen LogP contribution in [0, 0.1) is 0 Å². The van der Waals surface area contributed by atoms with Crippen molar-refractivity contribution >= 4 is 18.0 Å². The van der Waals surface area contributed by atoms with Crippen molar-refractivity contribution in [3.63, 3.8) is 0 Å². The molecule has 0 aliphatic carbocycles. The number of urea groups is 1. The van der Waals surface area contributed by atoms with E-state index in [2.05, 4.69) is 5.32 Å². The van der Waals surface area contributed by atoms with Crippen LogP contribution in [0.15, 0.2) is 0 Å². The number of carboxylic acids is 1. The average Bonchev–Trinajstić information content (AvgIpc) is 2.87. The highest BCUT2D eigenvalue weighted by atomic mass is 16.5. The van der Waals surface area contributed by atoms with Crippen molar-refractivity contribution in [2.24, 2.45) is 0 Å². The van der Waals surface area contributed by atoms with Gasteiger partial charge < -0.3 is 25.2 Å². The molecule has 1 aliphatic heterocycles. The number of nitrogens with one attached hydrogen (secondary N) is 1. The Kier molecular flexibility index (Phi) is 6.23. The van der Waals surface area contributed by atoms with Crippen LogP contribution in [0.25, 0.3) is 0 Å². The van der Waals surface area contributed by atoms with E-state index in [-0.39, 0.29) is 19.6 Å². The highest BCUT2D eigenvalue weighted by molar-refractivity contribution is 5.84. The Balaban J connectivity index is 2.42. The maximum atomic E-state index is 11.9. The number of esters is 1. The number of hydrogen-bond donors (Lipinski definition) is 3. The second-order valence-electron chi connectivity index (χ2n) is 4.48. The molecule has 1 heterocycles. The predicted molar refractivity (Wildman–Crippen MR) is 68.0 cm³/mol. The molecule has 114 valence electrons. The number of aliphatic carboxylic acids is 1.